The third kappa shape index (κ3) is 1.97. The monoisotopic (exact) mass is 246 g/mol. The molecule has 1 aliphatic rings. The predicted molar refractivity (Wildman–Crippen MR) is 58.6 cm³/mol. The summed E-state index contributed by atoms with van der Waals surface area (Å²) in [6.45, 7) is 0. The number of hydrogen-bond donors (Lipinski definition) is 0. The molecule has 1 saturated carbocycles. The molecule has 2 heterocycles. The maximum Gasteiger partial charge on any atom is 0.252 e. The first-order valence-corrected chi connectivity index (χ1v) is 5.50. The highest BCUT2D eigenvalue weighted by molar-refractivity contribution is 6.29. The Morgan fingerprint density at radius 3 is 2.88 bits per heavy atom. The van der Waals surface area contributed by atoms with Crippen LogP contribution < -0.4 is 0 Å². The van der Waals surface area contributed by atoms with Crippen LogP contribution in [0.5, 0.6) is 0 Å². The predicted octanol–water partition coefficient (Wildman–Crippen LogP) is 1.46. The van der Waals surface area contributed by atoms with Gasteiger partial charge in [-0.25, -0.2) is 19.6 Å². The van der Waals surface area contributed by atoms with E-state index in [0.29, 0.717) is 16.9 Å². The van der Waals surface area contributed by atoms with E-state index in [2.05, 4.69) is 20.1 Å². The maximum atomic E-state index is 8.66. The minimum absolute atomic E-state index is 0.104. The number of nitriles is 1. The molecule has 0 radical (unpaired) electrons. The van der Waals surface area contributed by atoms with Gasteiger partial charge in [-0.15, -0.1) is 5.10 Å². The number of nitrogens with zero attached hydrogens (tertiary/aromatic N) is 6. The minimum Gasteiger partial charge on any atom is -0.221 e. The maximum absolute atomic E-state index is 8.66. The Hall–Kier alpha value is -2.00. The molecule has 1 fully saturated rings. The van der Waals surface area contributed by atoms with Crippen LogP contribution >= 0.6 is 11.6 Å². The second-order valence-corrected chi connectivity index (χ2v) is 4.19. The van der Waals surface area contributed by atoms with Crippen molar-refractivity contribution in [3.8, 4) is 11.9 Å². The summed E-state index contributed by atoms with van der Waals surface area (Å²) in [5.41, 5.74) is 0. The smallest absolute Gasteiger partial charge is 0.221 e. The van der Waals surface area contributed by atoms with E-state index >= 15 is 0 Å². The van der Waals surface area contributed by atoms with Crippen LogP contribution in [0.3, 0.4) is 0 Å². The molecule has 1 aliphatic carbocycles. The second-order valence-electron chi connectivity index (χ2n) is 3.81. The molecule has 7 heteroatoms. The van der Waals surface area contributed by atoms with Gasteiger partial charge in [0.2, 0.25) is 0 Å². The van der Waals surface area contributed by atoms with Crippen LogP contribution in [0.4, 0.5) is 0 Å². The van der Waals surface area contributed by atoms with Crippen LogP contribution in [0, 0.1) is 11.3 Å². The van der Waals surface area contributed by atoms with Crippen molar-refractivity contribution >= 4 is 11.6 Å². The van der Waals surface area contributed by atoms with Gasteiger partial charge in [0.25, 0.3) is 5.82 Å². The van der Waals surface area contributed by atoms with E-state index in [1.807, 2.05) is 6.07 Å². The summed E-state index contributed by atoms with van der Waals surface area (Å²) < 4.78 is 1.43. The van der Waals surface area contributed by atoms with E-state index in [1.165, 1.54) is 11.0 Å². The van der Waals surface area contributed by atoms with Gasteiger partial charge in [0.1, 0.15) is 23.4 Å². The van der Waals surface area contributed by atoms with Gasteiger partial charge in [0, 0.05) is 12.0 Å². The number of rotatable bonds is 2. The fraction of sp³-hybridized carbons (Fsp3) is 0.300. The van der Waals surface area contributed by atoms with E-state index in [-0.39, 0.29) is 5.82 Å². The Morgan fingerprint density at radius 2 is 2.24 bits per heavy atom. The summed E-state index contributed by atoms with van der Waals surface area (Å²) in [4.78, 5) is 12.4. The molecule has 0 spiro atoms. The van der Waals surface area contributed by atoms with Crippen molar-refractivity contribution in [1.82, 2.24) is 24.7 Å². The van der Waals surface area contributed by atoms with Crippen LogP contribution in [0.15, 0.2) is 12.4 Å². The normalized spacial score (nSPS) is 14.6. The average Bonchev–Trinajstić information content (AvgIpc) is 3.06. The molecule has 3 rings (SSSR count). The fourth-order valence-electron chi connectivity index (χ4n) is 1.49. The van der Waals surface area contributed by atoms with E-state index < -0.39 is 0 Å². The SMILES string of the molecule is N#Cc1ncn(-c2cc(Cl)nc(C3CC3)n2)n1. The van der Waals surface area contributed by atoms with E-state index in [0.717, 1.165) is 18.7 Å². The van der Waals surface area contributed by atoms with Crippen molar-refractivity contribution < 1.29 is 0 Å². The van der Waals surface area contributed by atoms with Crippen molar-refractivity contribution in [2.75, 3.05) is 0 Å². The van der Waals surface area contributed by atoms with E-state index in [1.54, 1.807) is 6.07 Å². The van der Waals surface area contributed by atoms with Gasteiger partial charge in [-0.3, -0.25) is 0 Å². The molecule has 2 aromatic heterocycles. The lowest BCUT2D eigenvalue weighted by Gasteiger charge is -2.02. The van der Waals surface area contributed by atoms with Gasteiger partial charge >= 0.3 is 0 Å². The molecule has 0 atom stereocenters. The summed E-state index contributed by atoms with van der Waals surface area (Å²) in [6.07, 6.45) is 3.63. The van der Waals surface area contributed by atoms with Crippen molar-refractivity contribution in [2.45, 2.75) is 18.8 Å². The summed E-state index contributed by atoms with van der Waals surface area (Å²) in [5, 5.41) is 13.0. The molecule has 17 heavy (non-hydrogen) atoms. The minimum atomic E-state index is 0.104. The highest BCUT2D eigenvalue weighted by atomic mass is 35.5. The van der Waals surface area contributed by atoms with Crippen molar-refractivity contribution in [1.29, 1.82) is 5.26 Å². The topological polar surface area (TPSA) is 80.3 Å². The highest BCUT2D eigenvalue weighted by Crippen LogP contribution is 2.38. The zero-order chi connectivity index (χ0) is 11.8. The lowest BCUT2D eigenvalue weighted by atomic mass is 10.4. The third-order valence-corrected chi connectivity index (χ3v) is 2.66. The number of halogens is 1. The Labute approximate surface area is 102 Å². The zero-order valence-electron chi connectivity index (χ0n) is 8.71. The first-order chi connectivity index (χ1) is 8.26. The van der Waals surface area contributed by atoms with Crippen LogP contribution in [0.2, 0.25) is 5.15 Å². The van der Waals surface area contributed by atoms with Gasteiger partial charge in [-0.05, 0) is 12.8 Å². The van der Waals surface area contributed by atoms with Crippen LogP contribution in [0.25, 0.3) is 5.82 Å². The van der Waals surface area contributed by atoms with Crippen molar-refractivity contribution in [3.63, 3.8) is 0 Å². The summed E-state index contributed by atoms with van der Waals surface area (Å²) in [5.74, 6) is 1.79. The van der Waals surface area contributed by atoms with E-state index in [9.17, 15) is 0 Å². The highest BCUT2D eigenvalue weighted by Gasteiger charge is 2.27. The van der Waals surface area contributed by atoms with Gasteiger partial charge in [-0.1, -0.05) is 11.6 Å². The molecule has 0 saturated heterocycles. The van der Waals surface area contributed by atoms with Crippen LogP contribution in [-0.4, -0.2) is 24.7 Å². The standard InChI is InChI=1S/C10H7ClN6/c11-7-3-9(15-10(14-7)6-1-2-6)17-5-13-8(4-12)16-17/h3,5-6H,1-2H2. The zero-order valence-corrected chi connectivity index (χ0v) is 9.46. The Kier molecular flexibility index (Phi) is 2.27. The molecule has 6 nitrogen and oxygen atoms in total. The van der Waals surface area contributed by atoms with E-state index in [4.69, 9.17) is 16.9 Å². The largest absolute Gasteiger partial charge is 0.252 e. The second kappa shape index (κ2) is 3.79. The lowest BCUT2D eigenvalue weighted by Crippen LogP contribution is -2.03. The Morgan fingerprint density at radius 1 is 1.41 bits per heavy atom. The number of hydrogen-bond acceptors (Lipinski definition) is 5. The Bertz CT molecular complexity index is 609. The molecule has 0 bridgehead atoms. The molecule has 2 aromatic rings. The molecule has 0 N–H and O–H groups in total. The Balaban J connectivity index is 2.04. The lowest BCUT2D eigenvalue weighted by molar-refractivity contribution is 0.805. The summed E-state index contributed by atoms with van der Waals surface area (Å²) in [7, 11) is 0. The van der Waals surface area contributed by atoms with Gasteiger partial charge in [0.15, 0.2) is 5.82 Å². The van der Waals surface area contributed by atoms with Gasteiger partial charge in [0.05, 0.1) is 0 Å². The molecule has 0 amide bonds. The van der Waals surface area contributed by atoms with Crippen molar-refractivity contribution in [3.05, 3.63) is 29.2 Å². The van der Waals surface area contributed by atoms with Crippen LogP contribution in [-0.2, 0) is 0 Å². The molecular weight excluding hydrogens is 240 g/mol. The van der Waals surface area contributed by atoms with Crippen molar-refractivity contribution in [2.24, 2.45) is 0 Å². The summed E-state index contributed by atoms with van der Waals surface area (Å²) in [6, 6.07) is 3.46. The molecule has 0 aliphatic heterocycles. The number of aromatic nitrogens is 5. The molecule has 0 aromatic carbocycles. The first kappa shape index (κ1) is 10.2. The third-order valence-electron chi connectivity index (χ3n) is 2.47. The molecule has 84 valence electrons. The molecule has 0 unspecified atom stereocenters. The average molecular weight is 247 g/mol. The van der Waals surface area contributed by atoms with Gasteiger partial charge < -0.3 is 0 Å². The molecular formula is C10H7ClN6. The first-order valence-electron chi connectivity index (χ1n) is 5.13. The fourth-order valence-corrected chi connectivity index (χ4v) is 1.67. The van der Waals surface area contributed by atoms with Gasteiger partial charge in [-0.2, -0.15) is 5.26 Å². The quantitative estimate of drug-likeness (QED) is 0.750. The summed E-state index contributed by atoms with van der Waals surface area (Å²) >= 11 is 5.93. The van der Waals surface area contributed by atoms with Crippen LogP contribution in [0.1, 0.15) is 30.4 Å².